The highest BCUT2D eigenvalue weighted by Crippen LogP contribution is 2.30. The fraction of sp³-hybridized carbons (Fsp3) is 0.286. The number of para-hydroxylation sites is 1. The summed E-state index contributed by atoms with van der Waals surface area (Å²) in [6, 6.07) is 24.9. The Hall–Kier alpha value is -3.51. The van der Waals surface area contributed by atoms with E-state index in [1.165, 1.54) is 6.42 Å². The zero-order valence-corrected chi connectivity index (χ0v) is 20.3. The van der Waals surface area contributed by atoms with Crippen LogP contribution in [0.15, 0.2) is 84.9 Å². The van der Waals surface area contributed by atoms with Gasteiger partial charge in [0.15, 0.2) is 0 Å². The van der Waals surface area contributed by atoms with Gasteiger partial charge in [0.25, 0.3) is 0 Å². The quantitative estimate of drug-likeness (QED) is 0.302. The summed E-state index contributed by atoms with van der Waals surface area (Å²) in [4.78, 5) is 26.2. The van der Waals surface area contributed by atoms with E-state index in [4.69, 9.17) is 11.6 Å². The van der Waals surface area contributed by atoms with Crippen LogP contribution in [0, 0.1) is 0 Å². The normalized spacial score (nSPS) is 15.5. The van der Waals surface area contributed by atoms with Crippen molar-refractivity contribution in [2.24, 2.45) is 0 Å². The number of halogens is 1. The first-order valence-electron chi connectivity index (χ1n) is 12.1. The minimum atomic E-state index is -0.529. The molecule has 4 rings (SSSR count). The summed E-state index contributed by atoms with van der Waals surface area (Å²) in [5, 5.41) is 12.6. The number of rotatable bonds is 7. The van der Waals surface area contributed by atoms with Gasteiger partial charge in [-0.2, -0.15) is 0 Å². The van der Waals surface area contributed by atoms with Crippen molar-refractivity contribution in [3.05, 3.63) is 101 Å². The molecule has 0 aromatic heterocycles. The van der Waals surface area contributed by atoms with Gasteiger partial charge in [-0.3, -0.25) is 0 Å². The Bertz CT molecular complexity index is 1100. The third kappa shape index (κ3) is 6.99. The zero-order valence-electron chi connectivity index (χ0n) is 19.5. The lowest BCUT2D eigenvalue weighted by Gasteiger charge is -2.31. The average Bonchev–Trinajstić information content (AvgIpc) is 2.89. The highest BCUT2D eigenvalue weighted by atomic mass is 35.5. The van der Waals surface area contributed by atoms with E-state index in [2.05, 4.69) is 21.3 Å². The highest BCUT2D eigenvalue weighted by Gasteiger charge is 2.29. The van der Waals surface area contributed by atoms with Gasteiger partial charge in [0.1, 0.15) is 0 Å². The summed E-state index contributed by atoms with van der Waals surface area (Å²) < 4.78 is 0. The summed E-state index contributed by atoms with van der Waals surface area (Å²) in [6.45, 7) is 0. The molecule has 7 heteroatoms. The predicted octanol–water partition coefficient (Wildman–Crippen LogP) is 6.58. The molecule has 1 fully saturated rings. The summed E-state index contributed by atoms with van der Waals surface area (Å²) in [5.41, 5.74) is 2.27. The van der Waals surface area contributed by atoms with E-state index in [1.54, 1.807) is 24.3 Å². The SMILES string of the molecule is O=C(Nc1ccccc1Cl)N[C@H](c1ccccc1)[C@@H](NC(=O)NC1CCCCC1)c1ccccc1. The number of hydrogen-bond acceptors (Lipinski definition) is 2. The largest absolute Gasteiger partial charge is 0.335 e. The lowest BCUT2D eigenvalue weighted by molar-refractivity contribution is 0.222. The van der Waals surface area contributed by atoms with E-state index in [9.17, 15) is 9.59 Å². The van der Waals surface area contributed by atoms with Crippen LogP contribution < -0.4 is 21.3 Å². The number of carbonyl (C=O) groups is 2. The van der Waals surface area contributed by atoms with Crippen LogP contribution in [-0.2, 0) is 0 Å². The van der Waals surface area contributed by atoms with E-state index in [1.807, 2.05) is 60.7 Å². The third-order valence-electron chi connectivity index (χ3n) is 6.29. The average molecular weight is 491 g/mol. The Balaban J connectivity index is 1.59. The first-order chi connectivity index (χ1) is 17.1. The molecule has 0 unspecified atom stereocenters. The van der Waals surface area contributed by atoms with Gasteiger partial charge in [0, 0.05) is 6.04 Å². The van der Waals surface area contributed by atoms with Gasteiger partial charge in [0.05, 0.1) is 22.8 Å². The van der Waals surface area contributed by atoms with Gasteiger partial charge in [-0.05, 0) is 36.1 Å². The molecule has 0 bridgehead atoms. The van der Waals surface area contributed by atoms with Crippen LogP contribution in [0.2, 0.25) is 5.02 Å². The van der Waals surface area contributed by atoms with Crippen molar-refractivity contribution in [3.8, 4) is 0 Å². The maximum atomic E-state index is 13.1. The van der Waals surface area contributed by atoms with Crippen molar-refractivity contribution in [2.75, 3.05) is 5.32 Å². The Morgan fingerprint density at radius 2 is 1.20 bits per heavy atom. The standard InChI is InChI=1S/C28H31ClN4O2/c29-23-18-10-11-19-24(23)31-28(35)33-26(21-14-6-2-7-15-21)25(20-12-4-1-5-13-20)32-27(34)30-22-16-8-3-9-17-22/h1-2,4-7,10-15,18-19,22,25-26H,3,8-9,16-17H2,(H2,30,32,34)(H2,31,33,35)/t25-,26+/m0/s1. The van der Waals surface area contributed by atoms with Crippen molar-refractivity contribution in [1.29, 1.82) is 0 Å². The maximum absolute atomic E-state index is 13.1. The molecule has 3 aromatic carbocycles. The number of hydrogen-bond donors (Lipinski definition) is 4. The summed E-state index contributed by atoms with van der Waals surface area (Å²) >= 11 is 6.23. The van der Waals surface area contributed by atoms with Gasteiger partial charge in [-0.15, -0.1) is 0 Å². The molecule has 2 atom stereocenters. The number of amides is 4. The first-order valence-corrected chi connectivity index (χ1v) is 12.5. The van der Waals surface area contributed by atoms with Gasteiger partial charge < -0.3 is 21.3 Å². The van der Waals surface area contributed by atoms with E-state index in [0.717, 1.165) is 36.8 Å². The van der Waals surface area contributed by atoms with Crippen LogP contribution in [0.4, 0.5) is 15.3 Å². The number of anilines is 1. The molecule has 0 spiro atoms. The predicted molar refractivity (Wildman–Crippen MR) is 141 cm³/mol. The molecule has 1 aliphatic rings. The maximum Gasteiger partial charge on any atom is 0.319 e. The van der Waals surface area contributed by atoms with Crippen LogP contribution in [0.25, 0.3) is 0 Å². The fourth-order valence-corrected chi connectivity index (χ4v) is 4.70. The molecule has 1 aliphatic carbocycles. The topological polar surface area (TPSA) is 82.3 Å². The van der Waals surface area contributed by atoms with Gasteiger partial charge in [-0.1, -0.05) is 104 Å². The Labute approximate surface area is 211 Å². The lowest BCUT2D eigenvalue weighted by atomic mass is 9.93. The van der Waals surface area contributed by atoms with E-state index >= 15 is 0 Å². The molecule has 4 N–H and O–H groups in total. The molecule has 182 valence electrons. The van der Waals surface area contributed by atoms with Gasteiger partial charge >= 0.3 is 12.1 Å². The molecular weight excluding hydrogens is 460 g/mol. The Kier molecular flexibility index (Phi) is 8.63. The molecule has 0 heterocycles. The number of nitrogens with one attached hydrogen (secondary N) is 4. The zero-order chi connectivity index (χ0) is 24.5. The second kappa shape index (κ2) is 12.3. The fourth-order valence-electron chi connectivity index (χ4n) is 4.52. The molecule has 0 aliphatic heterocycles. The molecular formula is C28H31ClN4O2. The Morgan fingerprint density at radius 1 is 0.686 bits per heavy atom. The minimum absolute atomic E-state index is 0.173. The van der Waals surface area contributed by atoms with Crippen molar-refractivity contribution in [2.45, 2.75) is 50.2 Å². The second-order valence-corrected chi connectivity index (χ2v) is 9.21. The van der Waals surface area contributed by atoms with Crippen molar-refractivity contribution < 1.29 is 9.59 Å². The molecule has 0 saturated heterocycles. The van der Waals surface area contributed by atoms with Crippen LogP contribution in [0.3, 0.4) is 0 Å². The molecule has 6 nitrogen and oxygen atoms in total. The van der Waals surface area contributed by atoms with Crippen LogP contribution in [0.5, 0.6) is 0 Å². The Morgan fingerprint density at radius 3 is 1.77 bits per heavy atom. The summed E-state index contributed by atoms with van der Waals surface area (Å²) in [7, 11) is 0. The van der Waals surface area contributed by atoms with Gasteiger partial charge in [0.2, 0.25) is 0 Å². The van der Waals surface area contributed by atoms with Crippen LogP contribution in [0.1, 0.15) is 55.3 Å². The smallest absolute Gasteiger partial charge is 0.319 e. The lowest BCUT2D eigenvalue weighted by Crippen LogP contribution is -2.48. The molecule has 3 aromatic rings. The summed E-state index contributed by atoms with van der Waals surface area (Å²) in [6.07, 6.45) is 5.45. The second-order valence-electron chi connectivity index (χ2n) is 8.81. The van der Waals surface area contributed by atoms with E-state index < -0.39 is 18.1 Å². The van der Waals surface area contributed by atoms with E-state index in [-0.39, 0.29) is 12.1 Å². The molecule has 0 radical (unpaired) electrons. The molecule has 35 heavy (non-hydrogen) atoms. The monoisotopic (exact) mass is 490 g/mol. The number of carbonyl (C=O) groups excluding carboxylic acids is 2. The van der Waals surface area contributed by atoms with Crippen molar-refractivity contribution in [3.63, 3.8) is 0 Å². The van der Waals surface area contributed by atoms with Crippen LogP contribution in [-0.4, -0.2) is 18.1 Å². The van der Waals surface area contributed by atoms with Crippen molar-refractivity contribution in [1.82, 2.24) is 16.0 Å². The molecule has 4 amide bonds. The van der Waals surface area contributed by atoms with Crippen molar-refractivity contribution >= 4 is 29.4 Å². The number of benzene rings is 3. The van der Waals surface area contributed by atoms with Gasteiger partial charge in [-0.25, -0.2) is 9.59 Å². The van der Waals surface area contributed by atoms with Crippen LogP contribution >= 0.6 is 11.6 Å². The third-order valence-corrected chi connectivity index (χ3v) is 6.62. The molecule has 1 saturated carbocycles. The number of urea groups is 2. The highest BCUT2D eigenvalue weighted by molar-refractivity contribution is 6.33. The minimum Gasteiger partial charge on any atom is -0.335 e. The summed E-state index contributed by atoms with van der Waals surface area (Å²) in [5.74, 6) is 0. The van der Waals surface area contributed by atoms with E-state index in [0.29, 0.717) is 10.7 Å². The first kappa shape index (κ1) is 24.6.